The molecular weight excluding hydrogens is 326 g/mol. The smallest absolute Gasteiger partial charge is 0.214 e. The fourth-order valence-corrected chi connectivity index (χ4v) is 5.74. The number of hydrogen-bond donors (Lipinski definition) is 1. The van der Waals surface area contributed by atoms with Crippen LogP contribution in [0.4, 0.5) is 0 Å². The Bertz CT molecular complexity index is 745. The van der Waals surface area contributed by atoms with Crippen LogP contribution in [0, 0.1) is 6.92 Å². The molecule has 23 heavy (non-hydrogen) atoms. The molecule has 1 saturated carbocycles. The van der Waals surface area contributed by atoms with E-state index in [9.17, 15) is 8.42 Å². The zero-order valence-corrected chi connectivity index (χ0v) is 15.1. The van der Waals surface area contributed by atoms with Gasteiger partial charge in [-0.05, 0) is 42.3 Å². The lowest BCUT2D eigenvalue weighted by Crippen LogP contribution is -2.39. The van der Waals surface area contributed by atoms with Gasteiger partial charge < -0.3 is 0 Å². The molecule has 0 spiro atoms. The minimum absolute atomic E-state index is 0.00698. The van der Waals surface area contributed by atoms with E-state index >= 15 is 0 Å². The molecule has 0 saturated heterocycles. The molecule has 5 heteroatoms. The molecule has 1 fully saturated rings. The predicted octanol–water partition coefficient (Wildman–Crippen LogP) is 3.99. The standard InChI is InChI=1S/C18H23NO2S2/c1-15-7-2-3-8-16(15)13-23(20,21)19-14-18(10-4-5-11-18)17-9-6-12-22-17/h2-3,6-9,12,19H,4-5,10-11,13-14H2,1H3. The average Bonchev–Trinajstić information content (AvgIpc) is 3.19. The molecule has 0 unspecified atom stereocenters. The van der Waals surface area contributed by atoms with Crippen LogP contribution in [-0.2, 0) is 21.2 Å². The monoisotopic (exact) mass is 349 g/mol. The van der Waals surface area contributed by atoms with E-state index in [0.717, 1.165) is 24.0 Å². The van der Waals surface area contributed by atoms with Crippen molar-refractivity contribution in [1.82, 2.24) is 4.72 Å². The Morgan fingerprint density at radius 3 is 2.52 bits per heavy atom. The van der Waals surface area contributed by atoms with Gasteiger partial charge in [0.15, 0.2) is 0 Å². The Morgan fingerprint density at radius 2 is 1.87 bits per heavy atom. The van der Waals surface area contributed by atoms with E-state index in [0.29, 0.717) is 6.54 Å². The summed E-state index contributed by atoms with van der Waals surface area (Å²) in [7, 11) is -3.32. The van der Waals surface area contributed by atoms with Crippen molar-refractivity contribution in [2.24, 2.45) is 0 Å². The second-order valence-corrected chi connectivity index (χ2v) is 9.23. The number of benzene rings is 1. The predicted molar refractivity (Wildman–Crippen MR) is 96.3 cm³/mol. The van der Waals surface area contributed by atoms with Crippen molar-refractivity contribution in [3.63, 3.8) is 0 Å². The number of sulfonamides is 1. The molecule has 0 bridgehead atoms. The Hall–Kier alpha value is -1.17. The number of nitrogens with one attached hydrogen (secondary N) is 1. The van der Waals surface area contributed by atoms with Crippen molar-refractivity contribution in [2.75, 3.05) is 6.54 Å². The van der Waals surface area contributed by atoms with E-state index in [4.69, 9.17) is 0 Å². The van der Waals surface area contributed by atoms with Crippen LogP contribution in [0.15, 0.2) is 41.8 Å². The molecule has 0 aliphatic heterocycles. The minimum Gasteiger partial charge on any atom is -0.214 e. The summed E-state index contributed by atoms with van der Waals surface area (Å²) in [5.41, 5.74) is 1.88. The first-order chi connectivity index (χ1) is 11.0. The van der Waals surface area contributed by atoms with E-state index in [1.165, 1.54) is 17.7 Å². The van der Waals surface area contributed by atoms with Gasteiger partial charge in [0.2, 0.25) is 10.0 Å². The summed E-state index contributed by atoms with van der Waals surface area (Å²) in [5.74, 6) is 0.0557. The minimum atomic E-state index is -3.32. The first-order valence-corrected chi connectivity index (χ1v) is 10.6. The molecule has 0 atom stereocenters. The van der Waals surface area contributed by atoms with E-state index in [1.807, 2.05) is 31.2 Å². The van der Waals surface area contributed by atoms with Crippen molar-refractivity contribution in [2.45, 2.75) is 43.8 Å². The van der Waals surface area contributed by atoms with Gasteiger partial charge in [0, 0.05) is 16.8 Å². The largest absolute Gasteiger partial charge is 0.215 e. The van der Waals surface area contributed by atoms with Gasteiger partial charge in [-0.1, -0.05) is 43.2 Å². The summed E-state index contributed by atoms with van der Waals surface area (Å²) in [6, 6.07) is 11.9. The lowest BCUT2D eigenvalue weighted by Gasteiger charge is -2.28. The third kappa shape index (κ3) is 3.84. The quantitative estimate of drug-likeness (QED) is 0.857. The van der Waals surface area contributed by atoms with Crippen LogP contribution in [0.3, 0.4) is 0 Å². The Balaban J connectivity index is 1.72. The first-order valence-electron chi connectivity index (χ1n) is 8.07. The highest BCUT2D eigenvalue weighted by Crippen LogP contribution is 2.42. The Labute approximate surface area is 142 Å². The maximum absolute atomic E-state index is 12.5. The van der Waals surface area contributed by atoms with Crippen LogP contribution < -0.4 is 4.72 Å². The molecule has 2 aromatic rings. The molecule has 0 amide bonds. The zero-order valence-electron chi connectivity index (χ0n) is 13.4. The summed E-state index contributed by atoms with van der Waals surface area (Å²) in [6.07, 6.45) is 4.50. The van der Waals surface area contributed by atoms with Crippen LogP contribution in [0.2, 0.25) is 0 Å². The Morgan fingerprint density at radius 1 is 1.13 bits per heavy atom. The number of hydrogen-bond acceptors (Lipinski definition) is 3. The lowest BCUT2D eigenvalue weighted by atomic mass is 9.85. The topological polar surface area (TPSA) is 46.2 Å². The molecule has 1 aromatic carbocycles. The maximum atomic E-state index is 12.5. The second kappa shape index (κ2) is 6.75. The maximum Gasteiger partial charge on any atom is 0.215 e. The fourth-order valence-electron chi connectivity index (χ4n) is 3.42. The Kier molecular flexibility index (Phi) is 4.90. The van der Waals surface area contributed by atoms with Crippen molar-refractivity contribution in [3.8, 4) is 0 Å². The highest BCUT2D eigenvalue weighted by molar-refractivity contribution is 7.88. The molecule has 124 valence electrons. The van der Waals surface area contributed by atoms with E-state index in [-0.39, 0.29) is 11.2 Å². The SMILES string of the molecule is Cc1ccccc1CS(=O)(=O)NCC1(c2cccs2)CCCC1. The lowest BCUT2D eigenvalue weighted by molar-refractivity contribution is 0.440. The fraction of sp³-hybridized carbons (Fsp3) is 0.444. The zero-order chi connectivity index (χ0) is 16.3. The van der Waals surface area contributed by atoms with E-state index in [2.05, 4.69) is 22.2 Å². The summed E-state index contributed by atoms with van der Waals surface area (Å²) in [4.78, 5) is 1.31. The molecule has 1 aromatic heterocycles. The molecular formula is C18H23NO2S2. The molecule has 3 nitrogen and oxygen atoms in total. The highest BCUT2D eigenvalue weighted by atomic mass is 32.2. The van der Waals surface area contributed by atoms with Gasteiger partial charge in [-0.2, -0.15) is 0 Å². The molecule has 3 rings (SSSR count). The third-order valence-electron chi connectivity index (χ3n) is 4.84. The van der Waals surface area contributed by atoms with Gasteiger partial charge in [-0.25, -0.2) is 13.1 Å². The summed E-state index contributed by atoms with van der Waals surface area (Å²) in [5, 5.41) is 2.08. The van der Waals surface area contributed by atoms with Gasteiger partial charge in [0.25, 0.3) is 0 Å². The number of rotatable bonds is 6. The number of aryl methyl sites for hydroxylation is 1. The van der Waals surface area contributed by atoms with Crippen molar-refractivity contribution >= 4 is 21.4 Å². The molecule has 1 aliphatic rings. The molecule has 1 heterocycles. The van der Waals surface area contributed by atoms with Crippen molar-refractivity contribution < 1.29 is 8.42 Å². The van der Waals surface area contributed by atoms with Crippen LogP contribution in [0.5, 0.6) is 0 Å². The van der Waals surface area contributed by atoms with Crippen molar-refractivity contribution in [1.29, 1.82) is 0 Å². The summed E-state index contributed by atoms with van der Waals surface area (Å²) in [6.45, 7) is 2.47. The van der Waals surface area contributed by atoms with Gasteiger partial charge in [-0.3, -0.25) is 0 Å². The highest BCUT2D eigenvalue weighted by Gasteiger charge is 2.37. The van der Waals surface area contributed by atoms with Gasteiger partial charge in [0.05, 0.1) is 5.75 Å². The van der Waals surface area contributed by atoms with Crippen LogP contribution in [0.25, 0.3) is 0 Å². The van der Waals surface area contributed by atoms with E-state index < -0.39 is 10.0 Å². The summed E-state index contributed by atoms with van der Waals surface area (Å²) >= 11 is 1.74. The van der Waals surface area contributed by atoms with E-state index in [1.54, 1.807) is 11.3 Å². The van der Waals surface area contributed by atoms with Crippen LogP contribution in [0.1, 0.15) is 41.7 Å². The average molecular weight is 350 g/mol. The molecule has 1 N–H and O–H groups in total. The van der Waals surface area contributed by atoms with Crippen LogP contribution in [-0.4, -0.2) is 15.0 Å². The molecule has 0 radical (unpaired) electrons. The second-order valence-electron chi connectivity index (χ2n) is 6.47. The van der Waals surface area contributed by atoms with Gasteiger partial charge in [0.1, 0.15) is 0 Å². The van der Waals surface area contributed by atoms with Gasteiger partial charge >= 0.3 is 0 Å². The summed E-state index contributed by atoms with van der Waals surface area (Å²) < 4.78 is 27.9. The van der Waals surface area contributed by atoms with Crippen molar-refractivity contribution in [3.05, 3.63) is 57.8 Å². The van der Waals surface area contributed by atoms with Crippen LogP contribution >= 0.6 is 11.3 Å². The number of thiophene rings is 1. The normalized spacial score (nSPS) is 17.4. The van der Waals surface area contributed by atoms with Gasteiger partial charge in [-0.15, -0.1) is 11.3 Å². The first kappa shape index (κ1) is 16.7. The third-order valence-corrected chi connectivity index (χ3v) is 7.23. The molecule has 1 aliphatic carbocycles.